The number of carboxylic acids is 1. The normalized spacial score (nSPS) is 13.9. The van der Waals surface area contributed by atoms with Gasteiger partial charge in [-0.1, -0.05) is 13.8 Å². The Morgan fingerprint density at radius 1 is 1.47 bits per heavy atom. The van der Waals surface area contributed by atoms with E-state index in [1.807, 2.05) is 0 Å². The standard InChI is InChI=1S/C10H21NO4/c1-10(2,7-12)8(13)6-11-5-3-4-9(14)15/h8,11-13H,3-7H2,1-2H3,(H,14,15). The van der Waals surface area contributed by atoms with Crippen LogP contribution in [0.2, 0.25) is 0 Å². The van der Waals surface area contributed by atoms with Gasteiger partial charge in [0.25, 0.3) is 0 Å². The van der Waals surface area contributed by atoms with Crippen molar-refractivity contribution >= 4 is 5.97 Å². The van der Waals surface area contributed by atoms with Gasteiger partial charge >= 0.3 is 5.97 Å². The van der Waals surface area contributed by atoms with E-state index in [-0.39, 0.29) is 13.0 Å². The number of nitrogens with one attached hydrogen (secondary N) is 1. The van der Waals surface area contributed by atoms with Crippen LogP contribution in [-0.4, -0.2) is 47.1 Å². The van der Waals surface area contributed by atoms with E-state index in [2.05, 4.69) is 5.32 Å². The number of aliphatic carboxylic acids is 1. The van der Waals surface area contributed by atoms with Crippen molar-refractivity contribution in [2.45, 2.75) is 32.8 Å². The Morgan fingerprint density at radius 3 is 2.53 bits per heavy atom. The van der Waals surface area contributed by atoms with E-state index in [1.54, 1.807) is 13.8 Å². The molecule has 0 aliphatic heterocycles. The maximum absolute atomic E-state index is 10.2. The summed E-state index contributed by atoms with van der Waals surface area (Å²) >= 11 is 0. The number of aliphatic hydroxyl groups is 2. The molecule has 0 aromatic heterocycles. The van der Waals surface area contributed by atoms with Crippen molar-refractivity contribution in [3.8, 4) is 0 Å². The molecule has 0 aliphatic rings. The molecule has 4 N–H and O–H groups in total. The van der Waals surface area contributed by atoms with Crippen molar-refractivity contribution in [1.82, 2.24) is 5.32 Å². The summed E-state index contributed by atoms with van der Waals surface area (Å²) in [6.07, 6.45) is 0.0426. The van der Waals surface area contributed by atoms with E-state index in [9.17, 15) is 9.90 Å². The first-order valence-electron chi connectivity index (χ1n) is 5.11. The topological polar surface area (TPSA) is 89.8 Å². The van der Waals surface area contributed by atoms with Crippen molar-refractivity contribution in [3.63, 3.8) is 0 Å². The first-order valence-corrected chi connectivity index (χ1v) is 5.11. The number of hydrogen-bond donors (Lipinski definition) is 4. The van der Waals surface area contributed by atoms with Gasteiger partial charge in [-0.15, -0.1) is 0 Å². The second-order valence-corrected chi connectivity index (χ2v) is 4.36. The predicted molar refractivity (Wildman–Crippen MR) is 56.6 cm³/mol. The van der Waals surface area contributed by atoms with Gasteiger partial charge in [0.05, 0.1) is 12.7 Å². The Hall–Kier alpha value is -0.650. The van der Waals surface area contributed by atoms with Crippen LogP contribution in [0.25, 0.3) is 0 Å². The molecule has 0 heterocycles. The molecule has 0 aromatic carbocycles. The Labute approximate surface area is 90.1 Å². The molecule has 0 amide bonds. The molecule has 5 heteroatoms. The number of carboxylic acid groups (broad SMARTS) is 1. The quantitative estimate of drug-likeness (QED) is 0.425. The van der Waals surface area contributed by atoms with Crippen LogP contribution in [0, 0.1) is 5.41 Å². The van der Waals surface area contributed by atoms with Crippen LogP contribution in [0.3, 0.4) is 0 Å². The zero-order valence-electron chi connectivity index (χ0n) is 9.36. The summed E-state index contributed by atoms with van der Waals surface area (Å²) in [5, 5.41) is 30.0. The summed E-state index contributed by atoms with van der Waals surface area (Å²) in [4.78, 5) is 10.2. The summed E-state index contributed by atoms with van der Waals surface area (Å²) in [5.41, 5.74) is -0.528. The summed E-state index contributed by atoms with van der Waals surface area (Å²) in [6, 6.07) is 0. The second kappa shape index (κ2) is 6.76. The number of hydrogen-bond acceptors (Lipinski definition) is 4. The third-order valence-corrected chi connectivity index (χ3v) is 2.39. The molecule has 0 bridgehead atoms. The molecule has 0 aliphatic carbocycles. The van der Waals surface area contributed by atoms with E-state index in [0.29, 0.717) is 19.5 Å². The first-order chi connectivity index (χ1) is 6.90. The molecule has 0 rings (SSSR count). The average Bonchev–Trinajstić information content (AvgIpc) is 2.16. The second-order valence-electron chi connectivity index (χ2n) is 4.36. The molecule has 0 spiro atoms. The van der Waals surface area contributed by atoms with E-state index < -0.39 is 17.5 Å². The van der Waals surface area contributed by atoms with Crippen LogP contribution in [0.5, 0.6) is 0 Å². The van der Waals surface area contributed by atoms with Crippen LogP contribution >= 0.6 is 0 Å². The molecule has 0 aromatic rings. The molecule has 0 radical (unpaired) electrons. The maximum atomic E-state index is 10.2. The third kappa shape index (κ3) is 6.43. The third-order valence-electron chi connectivity index (χ3n) is 2.39. The van der Waals surface area contributed by atoms with Gasteiger partial charge < -0.3 is 20.6 Å². The van der Waals surface area contributed by atoms with Crippen molar-refractivity contribution < 1.29 is 20.1 Å². The molecular formula is C10H21NO4. The van der Waals surface area contributed by atoms with Crippen LogP contribution in [0.1, 0.15) is 26.7 Å². The Morgan fingerprint density at radius 2 is 2.07 bits per heavy atom. The molecule has 1 unspecified atom stereocenters. The lowest BCUT2D eigenvalue weighted by Gasteiger charge is -2.28. The van der Waals surface area contributed by atoms with Gasteiger partial charge in [0.15, 0.2) is 0 Å². The fourth-order valence-electron chi connectivity index (χ4n) is 0.985. The highest BCUT2D eigenvalue weighted by Gasteiger charge is 2.26. The molecule has 1 atom stereocenters. The molecule has 0 fully saturated rings. The SMILES string of the molecule is CC(C)(CO)C(O)CNCCCC(=O)O. The van der Waals surface area contributed by atoms with E-state index in [0.717, 1.165) is 0 Å². The summed E-state index contributed by atoms with van der Waals surface area (Å²) < 4.78 is 0. The van der Waals surface area contributed by atoms with Gasteiger partial charge in [0.1, 0.15) is 0 Å². The van der Waals surface area contributed by atoms with Crippen molar-refractivity contribution in [2.24, 2.45) is 5.41 Å². The Balaban J connectivity index is 3.55. The lowest BCUT2D eigenvalue weighted by Crippen LogP contribution is -2.40. The van der Waals surface area contributed by atoms with Crippen LogP contribution in [0.4, 0.5) is 0 Å². The van der Waals surface area contributed by atoms with Gasteiger partial charge in [-0.25, -0.2) is 0 Å². The number of rotatable bonds is 8. The van der Waals surface area contributed by atoms with E-state index in [4.69, 9.17) is 10.2 Å². The zero-order chi connectivity index (χ0) is 11.9. The molecule has 0 saturated carbocycles. The highest BCUT2D eigenvalue weighted by molar-refractivity contribution is 5.66. The number of aliphatic hydroxyl groups excluding tert-OH is 2. The molecule has 90 valence electrons. The lowest BCUT2D eigenvalue weighted by molar-refractivity contribution is -0.137. The highest BCUT2D eigenvalue weighted by atomic mass is 16.4. The predicted octanol–water partition coefficient (Wildman–Crippen LogP) is -0.180. The van der Waals surface area contributed by atoms with Crippen molar-refractivity contribution in [1.29, 1.82) is 0 Å². The minimum atomic E-state index is -0.812. The summed E-state index contributed by atoms with van der Waals surface area (Å²) in [5.74, 6) is -0.812. The van der Waals surface area contributed by atoms with Crippen molar-refractivity contribution in [3.05, 3.63) is 0 Å². The van der Waals surface area contributed by atoms with Gasteiger partial charge in [0.2, 0.25) is 0 Å². The van der Waals surface area contributed by atoms with Crippen LogP contribution in [-0.2, 0) is 4.79 Å². The maximum Gasteiger partial charge on any atom is 0.303 e. The Bertz CT molecular complexity index is 194. The zero-order valence-corrected chi connectivity index (χ0v) is 9.36. The number of carbonyl (C=O) groups is 1. The lowest BCUT2D eigenvalue weighted by atomic mass is 9.87. The minimum absolute atomic E-state index is 0.0784. The highest BCUT2D eigenvalue weighted by Crippen LogP contribution is 2.18. The van der Waals surface area contributed by atoms with Crippen molar-refractivity contribution in [2.75, 3.05) is 19.7 Å². The summed E-state index contributed by atoms with van der Waals surface area (Å²) in [6.45, 7) is 4.40. The molecule has 15 heavy (non-hydrogen) atoms. The van der Waals surface area contributed by atoms with Crippen LogP contribution in [0.15, 0.2) is 0 Å². The monoisotopic (exact) mass is 219 g/mol. The van der Waals surface area contributed by atoms with Crippen LogP contribution < -0.4 is 5.32 Å². The van der Waals surface area contributed by atoms with E-state index in [1.165, 1.54) is 0 Å². The average molecular weight is 219 g/mol. The van der Waals surface area contributed by atoms with Gasteiger partial charge in [-0.2, -0.15) is 0 Å². The van der Waals surface area contributed by atoms with Gasteiger partial charge in [0, 0.05) is 18.4 Å². The van der Waals surface area contributed by atoms with Gasteiger partial charge in [-0.3, -0.25) is 4.79 Å². The smallest absolute Gasteiger partial charge is 0.303 e. The fourth-order valence-corrected chi connectivity index (χ4v) is 0.985. The molecule has 5 nitrogen and oxygen atoms in total. The minimum Gasteiger partial charge on any atom is -0.481 e. The summed E-state index contributed by atoms with van der Waals surface area (Å²) in [7, 11) is 0. The first kappa shape index (κ1) is 14.3. The molecule has 0 saturated heterocycles. The van der Waals surface area contributed by atoms with Gasteiger partial charge in [-0.05, 0) is 13.0 Å². The van der Waals surface area contributed by atoms with E-state index >= 15 is 0 Å². The largest absolute Gasteiger partial charge is 0.481 e. The Kier molecular flexibility index (Phi) is 6.47. The fraction of sp³-hybridized carbons (Fsp3) is 0.900. The molecular weight excluding hydrogens is 198 g/mol.